The van der Waals surface area contributed by atoms with E-state index in [4.69, 9.17) is 10.2 Å². The van der Waals surface area contributed by atoms with Gasteiger partial charge in [-0.25, -0.2) is 0 Å². The third-order valence-electron chi connectivity index (χ3n) is 0.951. The maximum Gasteiger partial charge on any atom is 0.248 e. The average molecular weight is 147 g/mol. The summed E-state index contributed by atoms with van der Waals surface area (Å²) in [5, 5.41) is 19.7. The number of amides is 1. The molecule has 0 rings (SSSR count). The SMILES string of the molecule is CC(O)C(=O)NC[C@H](C)O. The molecule has 0 aromatic carbocycles. The number of hydrogen-bond acceptors (Lipinski definition) is 3. The number of nitrogens with one attached hydrogen (secondary N) is 1. The molecule has 0 aliphatic heterocycles. The van der Waals surface area contributed by atoms with Crippen LogP contribution >= 0.6 is 0 Å². The summed E-state index contributed by atoms with van der Waals surface area (Å²) in [4.78, 5) is 10.6. The Morgan fingerprint density at radius 3 is 2.30 bits per heavy atom. The fourth-order valence-electron chi connectivity index (χ4n) is 0.396. The summed E-state index contributed by atoms with van der Waals surface area (Å²) in [5.41, 5.74) is 0. The number of hydrogen-bond donors (Lipinski definition) is 3. The van der Waals surface area contributed by atoms with Crippen LogP contribution in [0.15, 0.2) is 0 Å². The van der Waals surface area contributed by atoms with E-state index in [1.165, 1.54) is 6.92 Å². The highest BCUT2D eigenvalue weighted by molar-refractivity contribution is 5.79. The highest BCUT2D eigenvalue weighted by atomic mass is 16.3. The summed E-state index contributed by atoms with van der Waals surface area (Å²) in [5.74, 6) is -0.457. The van der Waals surface area contributed by atoms with Crippen molar-refractivity contribution in [1.82, 2.24) is 5.32 Å². The van der Waals surface area contributed by atoms with Crippen LogP contribution in [0.4, 0.5) is 0 Å². The van der Waals surface area contributed by atoms with Gasteiger partial charge < -0.3 is 15.5 Å². The monoisotopic (exact) mass is 147 g/mol. The molecule has 1 unspecified atom stereocenters. The molecule has 3 N–H and O–H groups in total. The van der Waals surface area contributed by atoms with E-state index in [0.717, 1.165) is 0 Å². The van der Waals surface area contributed by atoms with Gasteiger partial charge in [-0.3, -0.25) is 4.79 Å². The molecule has 2 atom stereocenters. The van der Waals surface area contributed by atoms with Gasteiger partial charge >= 0.3 is 0 Å². The second kappa shape index (κ2) is 4.24. The number of aliphatic hydroxyl groups excluding tert-OH is 2. The van der Waals surface area contributed by atoms with E-state index >= 15 is 0 Å². The molecule has 4 nitrogen and oxygen atoms in total. The van der Waals surface area contributed by atoms with Crippen LogP contribution in [0, 0.1) is 0 Å². The Labute approximate surface area is 59.9 Å². The molecule has 0 bridgehead atoms. The van der Waals surface area contributed by atoms with Crippen molar-refractivity contribution in [3.05, 3.63) is 0 Å². The number of rotatable bonds is 3. The second-order valence-electron chi connectivity index (χ2n) is 2.27. The van der Waals surface area contributed by atoms with Crippen LogP contribution in [0.2, 0.25) is 0 Å². The molecule has 60 valence electrons. The Kier molecular flexibility index (Phi) is 3.99. The summed E-state index contributed by atoms with van der Waals surface area (Å²) in [6.07, 6.45) is -1.57. The summed E-state index contributed by atoms with van der Waals surface area (Å²) in [7, 11) is 0. The lowest BCUT2D eigenvalue weighted by Crippen LogP contribution is -2.36. The number of aliphatic hydroxyl groups is 2. The van der Waals surface area contributed by atoms with E-state index < -0.39 is 18.1 Å². The summed E-state index contributed by atoms with van der Waals surface area (Å²) in [6.45, 7) is 3.11. The Balaban J connectivity index is 3.40. The van der Waals surface area contributed by atoms with Gasteiger partial charge in [0.1, 0.15) is 6.10 Å². The lowest BCUT2D eigenvalue weighted by molar-refractivity contribution is -0.128. The van der Waals surface area contributed by atoms with Crippen LogP contribution in [-0.4, -0.2) is 34.9 Å². The minimum atomic E-state index is -1.00. The van der Waals surface area contributed by atoms with Crippen LogP contribution in [-0.2, 0) is 4.79 Å². The third-order valence-corrected chi connectivity index (χ3v) is 0.951. The van der Waals surface area contributed by atoms with Gasteiger partial charge in [-0.15, -0.1) is 0 Å². The molecule has 0 spiro atoms. The Bertz CT molecular complexity index is 112. The molecular formula is C6H13NO3. The topological polar surface area (TPSA) is 69.6 Å². The number of carbonyl (C=O) groups excluding carboxylic acids is 1. The molecule has 0 fully saturated rings. The van der Waals surface area contributed by atoms with Crippen LogP contribution < -0.4 is 5.32 Å². The first kappa shape index (κ1) is 9.39. The third kappa shape index (κ3) is 4.29. The smallest absolute Gasteiger partial charge is 0.248 e. The van der Waals surface area contributed by atoms with Crippen LogP contribution in [0.3, 0.4) is 0 Å². The first-order valence-corrected chi connectivity index (χ1v) is 3.18. The predicted octanol–water partition coefficient (Wildman–Crippen LogP) is -1.14. The van der Waals surface area contributed by atoms with E-state index in [9.17, 15) is 4.79 Å². The van der Waals surface area contributed by atoms with Crippen LogP contribution in [0.5, 0.6) is 0 Å². The van der Waals surface area contributed by atoms with Gasteiger partial charge in [0.15, 0.2) is 0 Å². The molecule has 10 heavy (non-hydrogen) atoms. The van der Waals surface area contributed by atoms with Gasteiger partial charge in [-0.1, -0.05) is 0 Å². The maximum absolute atomic E-state index is 10.6. The highest BCUT2D eigenvalue weighted by Gasteiger charge is 2.07. The van der Waals surface area contributed by atoms with E-state index in [-0.39, 0.29) is 6.54 Å². The van der Waals surface area contributed by atoms with Crippen molar-refractivity contribution in [3.8, 4) is 0 Å². The van der Waals surface area contributed by atoms with Gasteiger partial charge in [0.25, 0.3) is 0 Å². The van der Waals surface area contributed by atoms with Gasteiger partial charge in [0, 0.05) is 6.54 Å². The second-order valence-corrected chi connectivity index (χ2v) is 2.27. The van der Waals surface area contributed by atoms with Crippen molar-refractivity contribution in [1.29, 1.82) is 0 Å². The zero-order valence-electron chi connectivity index (χ0n) is 6.16. The van der Waals surface area contributed by atoms with Crippen molar-refractivity contribution in [3.63, 3.8) is 0 Å². The molecule has 0 aromatic rings. The molecule has 1 amide bonds. The average Bonchev–Trinajstić information content (AvgIpc) is 1.82. The lowest BCUT2D eigenvalue weighted by Gasteiger charge is -2.07. The van der Waals surface area contributed by atoms with Gasteiger partial charge in [0.2, 0.25) is 5.91 Å². The zero-order valence-corrected chi connectivity index (χ0v) is 6.16. The van der Waals surface area contributed by atoms with Crippen molar-refractivity contribution in [2.75, 3.05) is 6.54 Å². The van der Waals surface area contributed by atoms with Crippen LogP contribution in [0.25, 0.3) is 0 Å². The summed E-state index contributed by atoms with van der Waals surface area (Å²) >= 11 is 0. The molecular weight excluding hydrogens is 134 g/mol. The Hall–Kier alpha value is -0.610. The van der Waals surface area contributed by atoms with E-state index in [0.29, 0.717) is 0 Å². The zero-order chi connectivity index (χ0) is 8.15. The van der Waals surface area contributed by atoms with Gasteiger partial charge in [-0.05, 0) is 13.8 Å². The standard InChI is InChI=1S/C6H13NO3/c1-4(8)3-7-6(10)5(2)9/h4-5,8-9H,3H2,1-2H3,(H,7,10)/t4-,5?/m0/s1. The van der Waals surface area contributed by atoms with Crippen LogP contribution in [0.1, 0.15) is 13.8 Å². The van der Waals surface area contributed by atoms with Gasteiger partial charge in [-0.2, -0.15) is 0 Å². The molecule has 0 aliphatic rings. The minimum Gasteiger partial charge on any atom is -0.392 e. The maximum atomic E-state index is 10.6. The van der Waals surface area contributed by atoms with Crippen molar-refractivity contribution < 1.29 is 15.0 Å². The molecule has 0 saturated heterocycles. The quantitative estimate of drug-likeness (QED) is 0.473. The Morgan fingerprint density at radius 2 is 2.00 bits per heavy atom. The molecule has 0 saturated carbocycles. The first-order chi connectivity index (χ1) is 4.54. The largest absolute Gasteiger partial charge is 0.392 e. The molecule has 0 aliphatic carbocycles. The molecule has 0 aromatic heterocycles. The fourth-order valence-corrected chi connectivity index (χ4v) is 0.396. The summed E-state index contributed by atoms with van der Waals surface area (Å²) < 4.78 is 0. The summed E-state index contributed by atoms with van der Waals surface area (Å²) in [6, 6.07) is 0. The predicted molar refractivity (Wildman–Crippen MR) is 36.4 cm³/mol. The first-order valence-electron chi connectivity index (χ1n) is 3.18. The van der Waals surface area contributed by atoms with E-state index in [1.54, 1.807) is 6.92 Å². The molecule has 4 heteroatoms. The minimum absolute atomic E-state index is 0.184. The molecule has 0 radical (unpaired) electrons. The van der Waals surface area contributed by atoms with E-state index in [1.807, 2.05) is 0 Å². The molecule has 0 heterocycles. The highest BCUT2D eigenvalue weighted by Crippen LogP contribution is 1.80. The Morgan fingerprint density at radius 1 is 1.50 bits per heavy atom. The van der Waals surface area contributed by atoms with Crippen molar-refractivity contribution >= 4 is 5.91 Å². The van der Waals surface area contributed by atoms with Crippen molar-refractivity contribution in [2.24, 2.45) is 0 Å². The number of carbonyl (C=O) groups is 1. The van der Waals surface area contributed by atoms with Gasteiger partial charge in [0.05, 0.1) is 6.10 Å². The van der Waals surface area contributed by atoms with E-state index in [2.05, 4.69) is 5.32 Å². The normalized spacial score (nSPS) is 16.0. The fraction of sp³-hybridized carbons (Fsp3) is 0.833. The van der Waals surface area contributed by atoms with Crippen molar-refractivity contribution in [2.45, 2.75) is 26.1 Å². The lowest BCUT2D eigenvalue weighted by atomic mass is 10.3.